The third-order valence-electron chi connectivity index (χ3n) is 2.74. The minimum atomic E-state index is -2.43. The summed E-state index contributed by atoms with van der Waals surface area (Å²) in [5, 5.41) is 1.69. The quantitative estimate of drug-likeness (QED) is 0.708. The van der Waals surface area contributed by atoms with Crippen molar-refractivity contribution in [1.29, 1.82) is 0 Å². The number of alkyl halides is 2. The Kier molecular flexibility index (Phi) is 2.59. The molecule has 3 aromatic rings. The lowest BCUT2D eigenvalue weighted by Gasteiger charge is -1.98. The van der Waals surface area contributed by atoms with E-state index in [1.54, 1.807) is 17.9 Å². The first-order valence-electron chi connectivity index (χ1n) is 5.29. The third kappa shape index (κ3) is 1.78. The van der Waals surface area contributed by atoms with Crippen LogP contribution in [0.15, 0.2) is 30.0 Å². The van der Waals surface area contributed by atoms with Crippen LogP contribution in [0, 0.1) is 0 Å². The van der Waals surface area contributed by atoms with Crippen molar-refractivity contribution in [1.82, 2.24) is 14.5 Å². The number of aryl methyl sites for hydroxylation is 1. The summed E-state index contributed by atoms with van der Waals surface area (Å²) in [6.07, 6.45) is 0.980. The highest BCUT2D eigenvalue weighted by Gasteiger charge is 2.12. The van der Waals surface area contributed by atoms with Crippen molar-refractivity contribution in [3.63, 3.8) is 0 Å². The normalized spacial score (nSPS) is 11.6. The van der Waals surface area contributed by atoms with Gasteiger partial charge in [-0.3, -0.25) is 4.98 Å². The molecule has 0 spiro atoms. The van der Waals surface area contributed by atoms with Crippen molar-refractivity contribution in [2.75, 3.05) is 0 Å². The summed E-state index contributed by atoms with van der Waals surface area (Å²) in [4.78, 5) is 8.57. The monoisotopic (exact) mass is 265 g/mol. The molecular weight excluding hydrogens is 256 g/mol. The van der Waals surface area contributed by atoms with Gasteiger partial charge in [-0.1, -0.05) is 0 Å². The van der Waals surface area contributed by atoms with E-state index in [1.165, 1.54) is 6.07 Å². The van der Waals surface area contributed by atoms with Crippen molar-refractivity contribution in [3.05, 3.63) is 34.9 Å². The summed E-state index contributed by atoms with van der Waals surface area (Å²) in [6, 6.07) is 3.29. The molecule has 0 fully saturated rings. The molecule has 0 unspecified atom stereocenters. The van der Waals surface area contributed by atoms with Crippen molar-refractivity contribution < 1.29 is 8.78 Å². The van der Waals surface area contributed by atoms with Crippen LogP contribution in [0.2, 0.25) is 0 Å². The van der Waals surface area contributed by atoms with Crippen molar-refractivity contribution >= 4 is 22.4 Å². The lowest BCUT2D eigenvalue weighted by molar-refractivity contribution is 0.155. The van der Waals surface area contributed by atoms with Gasteiger partial charge in [0.2, 0.25) is 0 Å². The van der Waals surface area contributed by atoms with Gasteiger partial charge in [-0.15, -0.1) is 11.3 Å². The molecule has 0 aliphatic heterocycles. The van der Waals surface area contributed by atoms with Gasteiger partial charge in [-0.2, -0.15) is 0 Å². The van der Waals surface area contributed by atoms with Crippen LogP contribution < -0.4 is 0 Å². The third-order valence-corrected chi connectivity index (χ3v) is 3.68. The molecule has 3 heterocycles. The molecule has 6 heteroatoms. The first-order chi connectivity index (χ1) is 8.65. The molecule has 0 saturated carbocycles. The first-order valence-corrected chi connectivity index (χ1v) is 6.17. The largest absolute Gasteiger partial charge is 0.332 e. The molecule has 0 bridgehead atoms. The van der Waals surface area contributed by atoms with Gasteiger partial charge in [-0.05, 0) is 12.1 Å². The Bertz CT molecular complexity index is 702. The van der Waals surface area contributed by atoms with Gasteiger partial charge in [0.25, 0.3) is 6.43 Å². The van der Waals surface area contributed by atoms with Crippen LogP contribution in [-0.4, -0.2) is 14.5 Å². The Morgan fingerprint density at radius 2 is 2.11 bits per heavy atom. The molecule has 3 rings (SSSR count). The average molecular weight is 265 g/mol. The molecule has 0 amide bonds. The van der Waals surface area contributed by atoms with E-state index in [-0.39, 0.29) is 4.88 Å². The standard InChI is InChI=1S/C12H9F2N3S/c1-17-6-16-9-3-8(15-4-10(9)17)7-2-11(12(13)14)18-5-7/h2-6,12H,1H3. The molecule has 3 nitrogen and oxygen atoms in total. The van der Waals surface area contributed by atoms with E-state index >= 15 is 0 Å². The van der Waals surface area contributed by atoms with Crippen LogP contribution in [0.1, 0.15) is 11.3 Å². The maximum atomic E-state index is 12.5. The van der Waals surface area contributed by atoms with E-state index < -0.39 is 6.43 Å². The number of halogens is 2. The fourth-order valence-corrected chi connectivity index (χ4v) is 2.53. The lowest BCUT2D eigenvalue weighted by Crippen LogP contribution is -1.86. The zero-order chi connectivity index (χ0) is 12.7. The number of hydrogen-bond acceptors (Lipinski definition) is 3. The van der Waals surface area contributed by atoms with Crippen LogP contribution in [0.5, 0.6) is 0 Å². The summed E-state index contributed by atoms with van der Waals surface area (Å²) in [5.74, 6) is 0. The average Bonchev–Trinajstić information content (AvgIpc) is 2.96. The van der Waals surface area contributed by atoms with Gasteiger partial charge in [0.05, 0.1) is 34.1 Å². The van der Waals surface area contributed by atoms with Gasteiger partial charge in [0.15, 0.2) is 0 Å². The van der Waals surface area contributed by atoms with Gasteiger partial charge in [0, 0.05) is 18.0 Å². The highest BCUT2D eigenvalue weighted by atomic mass is 32.1. The van der Waals surface area contributed by atoms with E-state index in [1.807, 2.05) is 17.7 Å². The number of nitrogens with zero attached hydrogens (tertiary/aromatic N) is 3. The molecule has 92 valence electrons. The SMILES string of the molecule is Cn1cnc2cc(-c3csc(C(F)F)c3)ncc21. The van der Waals surface area contributed by atoms with Crippen LogP contribution in [-0.2, 0) is 7.05 Å². The number of fused-ring (bicyclic) bond motifs is 1. The van der Waals surface area contributed by atoms with Gasteiger partial charge in [-0.25, -0.2) is 13.8 Å². The number of hydrogen-bond donors (Lipinski definition) is 0. The van der Waals surface area contributed by atoms with E-state index in [2.05, 4.69) is 9.97 Å². The van der Waals surface area contributed by atoms with Gasteiger partial charge < -0.3 is 4.57 Å². The van der Waals surface area contributed by atoms with Gasteiger partial charge in [0.1, 0.15) is 0 Å². The second-order valence-electron chi connectivity index (χ2n) is 3.95. The van der Waals surface area contributed by atoms with E-state index in [9.17, 15) is 8.78 Å². The molecule has 3 aromatic heterocycles. The fraction of sp³-hybridized carbons (Fsp3) is 0.167. The second kappa shape index (κ2) is 4.13. The predicted molar refractivity (Wildman–Crippen MR) is 66.8 cm³/mol. The zero-order valence-electron chi connectivity index (χ0n) is 9.47. The zero-order valence-corrected chi connectivity index (χ0v) is 10.3. The van der Waals surface area contributed by atoms with E-state index in [0.29, 0.717) is 11.3 Å². The molecule has 0 saturated heterocycles. The molecule has 0 aliphatic rings. The Balaban J connectivity index is 2.07. The summed E-state index contributed by atoms with van der Waals surface area (Å²) in [5.41, 5.74) is 3.11. The maximum Gasteiger partial charge on any atom is 0.272 e. The van der Waals surface area contributed by atoms with E-state index in [4.69, 9.17) is 0 Å². The molecule has 18 heavy (non-hydrogen) atoms. The van der Waals surface area contributed by atoms with Crippen molar-refractivity contribution in [2.45, 2.75) is 6.43 Å². The Morgan fingerprint density at radius 1 is 1.28 bits per heavy atom. The molecular formula is C12H9F2N3S. The van der Waals surface area contributed by atoms with E-state index in [0.717, 1.165) is 22.4 Å². The van der Waals surface area contributed by atoms with Crippen LogP contribution in [0.4, 0.5) is 8.78 Å². The number of aromatic nitrogens is 3. The van der Waals surface area contributed by atoms with Crippen LogP contribution in [0.25, 0.3) is 22.3 Å². The van der Waals surface area contributed by atoms with Crippen LogP contribution in [0.3, 0.4) is 0 Å². The molecule has 0 radical (unpaired) electrons. The minimum Gasteiger partial charge on any atom is -0.332 e. The van der Waals surface area contributed by atoms with Crippen molar-refractivity contribution in [2.24, 2.45) is 7.05 Å². The summed E-state index contributed by atoms with van der Waals surface area (Å²) >= 11 is 1.05. The van der Waals surface area contributed by atoms with Crippen LogP contribution >= 0.6 is 11.3 Å². The highest BCUT2D eigenvalue weighted by Crippen LogP contribution is 2.31. The fourth-order valence-electron chi connectivity index (χ4n) is 1.78. The van der Waals surface area contributed by atoms with Crippen molar-refractivity contribution in [3.8, 4) is 11.3 Å². The summed E-state index contributed by atoms with van der Waals surface area (Å²) in [7, 11) is 1.89. The molecule has 0 atom stereocenters. The number of imidazole rings is 1. The molecule has 0 aromatic carbocycles. The second-order valence-corrected chi connectivity index (χ2v) is 4.89. The summed E-state index contributed by atoms with van der Waals surface area (Å²) < 4.78 is 26.9. The number of rotatable bonds is 2. The molecule has 0 N–H and O–H groups in total. The lowest BCUT2D eigenvalue weighted by atomic mass is 10.2. The minimum absolute atomic E-state index is 0.0629. The summed E-state index contributed by atoms with van der Waals surface area (Å²) in [6.45, 7) is 0. The Hall–Kier alpha value is -1.82. The molecule has 0 aliphatic carbocycles. The Morgan fingerprint density at radius 3 is 2.83 bits per heavy atom. The predicted octanol–water partition coefficient (Wildman–Crippen LogP) is 3.63. The van der Waals surface area contributed by atoms with Gasteiger partial charge >= 0.3 is 0 Å². The topological polar surface area (TPSA) is 30.7 Å². The first kappa shape index (κ1) is 11.3. The maximum absolute atomic E-state index is 12.5. The Labute approximate surface area is 106 Å². The number of thiophene rings is 1. The number of pyridine rings is 1. The smallest absolute Gasteiger partial charge is 0.272 e. The highest BCUT2D eigenvalue weighted by molar-refractivity contribution is 7.10.